The molecule has 4 rings (SSSR count). The number of nitrogens with two attached hydrogens (primary N) is 1. The lowest BCUT2D eigenvalue weighted by atomic mass is 10.0. The minimum absolute atomic E-state index is 0.0471. The van der Waals surface area contributed by atoms with Crippen molar-refractivity contribution in [3.05, 3.63) is 102 Å². The number of benzene rings is 3. The Morgan fingerprint density at radius 1 is 0.977 bits per heavy atom. The second-order valence-corrected chi connectivity index (χ2v) is 11.3. The highest BCUT2D eigenvalue weighted by Crippen LogP contribution is 2.27. The number of nitrogens with one attached hydrogen (secondary N) is 2. The molecule has 0 saturated carbocycles. The van der Waals surface area contributed by atoms with Crippen LogP contribution in [-0.4, -0.2) is 60.2 Å². The van der Waals surface area contributed by atoms with Crippen LogP contribution in [-0.2, 0) is 19.1 Å². The lowest BCUT2D eigenvalue weighted by Gasteiger charge is -2.29. The van der Waals surface area contributed by atoms with Crippen LogP contribution in [0.2, 0.25) is 0 Å². The van der Waals surface area contributed by atoms with Crippen LogP contribution in [0.5, 0.6) is 5.75 Å². The molecule has 2 atom stereocenters. The van der Waals surface area contributed by atoms with Gasteiger partial charge in [0.2, 0.25) is 6.10 Å². The van der Waals surface area contributed by atoms with Gasteiger partial charge in [0.05, 0.1) is 6.04 Å². The number of hydrogen-bond donors (Lipinski definition) is 3. The van der Waals surface area contributed by atoms with E-state index in [1.165, 1.54) is 0 Å². The van der Waals surface area contributed by atoms with E-state index in [0.717, 1.165) is 24.0 Å². The van der Waals surface area contributed by atoms with Crippen molar-refractivity contribution in [3.63, 3.8) is 0 Å². The molecule has 0 aromatic heterocycles. The summed E-state index contributed by atoms with van der Waals surface area (Å²) in [4.78, 5) is 32.2. The number of carbonyl (C=O) groups is 2. The fourth-order valence-corrected chi connectivity index (χ4v) is 4.76. The van der Waals surface area contributed by atoms with Gasteiger partial charge in [-0.3, -0.25) is 10.2 Å². The quantitative estimate of drug-likeness (QED) is 0.124. The average molecular weight is 589 g/mol. The fourth-order valence-electron chi connectivity index (χ4n) is 4.76. The van der Waals surface area contributed by atoms with Gasteiger partial charge in [0, 0.05) is 18.7 Å². The Morgan fingerprint density at radius 2 is 1.58 bits per heavy atom. The minimum atomic E-state index is -1.16. The minimum Gasteiger partial charge on any atom is -0.490 e. The Kier molecular flexibility index (Phi) is 10.7. The standard InChI is InChI=1S/C33H40N4O6/c1-33(2,3)42-32(39)37-20-10-15-26(37)21-36-30(34)25-16-18-27(19-17-25)40-22-28(43-35)31(38)41-29(23-11-6-4-7-12-23)24-13-8-5-9-14-24/h4-9,11-14,16-19,26,28-29H,10,15,20-22,35H2,1-3H3,(H2,34,36)/t26?,28-/m0/s1. The summed E-state index contributed by atoms with van der Waals surface area (Å²) in [5, 5.41) is 11.6. The molecule has 0 spiro atoms. The summed E-state index contributed by atoms with van der Waals surface area (Å²) in [6, 6.07) is 25.7. The predicted molar refractivity (Wildman–Crippen MR) is 163 cm³/mol. The molecule has 0 bridgehead atoms. The zero-order chi connectivity index (χ0) is 30.8. The molecular weight excluding hydrogens is 548 g/mol. The SMILES string of the molecule is CC(C)(C)OC(=O)N1CCCC1CNC(=N)c1ccc(OC[C@H](ON)C(=O)OC(c2ccccc2)c2ccccc2)cc1. The molecule has 0 radical (unpaired) electrons. The van der Waals surface area contributed by atoms with Gasteiger partial charge in [-0.2, -0.15) is 0 Å². The molecule has 3 aromatic rings. The van der Waals surface area contributed by atoms with E-state index in [1.54, 1.807) is 29.2 Å². The maximum Gasteiger partial charge on any atom is 0.410 e. The normalized spacial score (nSPS) is 15.6. The van der Waals surface area contributed by atoms with Crippen molar-refractivity contribution >= 4 is 17.9 Å². The van der Waals surface area contributed by atoms with E-state index in [-0.39, 0.29) is 24.6 Å². The number of amides is 1. The van der Waals surface area contributed by atoms with Crippen molar-refractivity contribution in [2.45, 2.75) is 57.5 Å². The lowest BCUT2D eigenvalue weighted by molar-refractivity contribution is -0.163. The highest BCUT2D eigenvalue weighted by molar-refractivity contribution is 5.96. The molecular formula is C33H40N4O6. The van der Waals surface area contributed by atoms with E-state index < -0.39 is 23.8 Å². The van der Waals surface area contributed by atoms with Crippen molar-refractivity contribution in [1.82, 2.24) is 10.2 Å². The van der Waals surface area contributed by atoms with Crippen molar-refractivity contribution in [1.29, 1.82) is 5.41 Å². The number of nitrogens with zero attached hydrogens (tertiary/aromatic N) is 1. The first-order valence-corrected chi connectivity index (χ1v) is 14.4. The summed E-state index contributed by atoms with van der Waals surface area (Å²) in [7, 11) is 0. The molecule has 1 unspecified atom stereocenters. The van der Waals surface area contributed by atoms with Gasteiger partial charge in [0.25, 0.3) is 0 Å². The molecule has 1 heterocycles. The zero-order valence-corrected chi connectivity index (χ0v) is 24.8. The van der Waals surface area contributed by atoms with Crippen molar-refractivity contribution < 1.29 is 28.6 Å². The number of ether oxygens (including phenoxy) is 3. The second-order valence-electron chi connectivity index (χ2n) is 11.3. The van der Waals surface area contributed by atoms with Crippen LogP contribution < -0.4 is 16.0 Å². The fraction of sp³-hybridized carbons (Fsp3) is 0.364. The maximum atomic E-state index is 13.0. The van der Waals surface area contributed by atoms with Gasteiger partial charge >= 0.3 is 12.1 Å². The first-order chi connectivity index (χ1) is 20.6. The molecule has 10 heteroatoms. The van der Waals surface area contributed by atoms with Crippen LogP contribution >= 0.6 is 0 Å². The molecule has 4 N–H and O–H groups in total. The van der Waals surface area contributed by atoms with E-state index in [1.807, 2.05) is 81.4 Å². The van der Waals surface area contributed by atoms with Crippen LogP contribution in [0.3, 0.4) is 0 Å². The smallest absolute Gasteiger partial charge is 0.410 e. The Morgan fingerprint density at radius 3 is 2.14 bits per heavy atom. The molecule has 1 aliphatic heterocycles. The summed E-state index contributed by atoms with van der Waals surface area (Å²) in [6.45, 7) is 6.46. The topological polar surface area (TPSA) is 136 Å². The monoisotopic (exact) mass is 588 g/mol. The summed E-state index contributed by atoms with van der Waals surface area (Å²) >= 11 is 0. The second kappa shape index (κ2) is 14.7. The third kappa shape index (κ3) is 9.04. The molecule has 1 aliphatic rings. The van der Waals surface area contributed by atoms with Crippen LogP contribution in [0.15, 0.2) is 84.9 Å². The van der Waals surface area contributed by atoms with Gasteiger partial charge in [-0.25, -0.2) is 15.5 Å². The molecule has 1 fully saturated rings. The van der Waals surface area contributed by atoms with E-state index in [0.29, 0.717) is 24.4 Å². The van der Waals surface area contributed by atoms with E-state index in [9.17, 15) is 9.59 Å². The number of hydrogen-bond acceptors (Lipinski definition) is 8. The van der Waals surface area contributed by atoms with Crippen molar-refractivity contribution in [3.8, 4) is 5.75 Å². The van der Waals surface area contributed by atoms with Gasteiger partial charge in [0.15, 0.2) is 6.10 Å². The van der Waals surface area contributed by atoms with Crippen LogP contribution in [0, 0.1) is 5.41 Å². The molecule has 0 aliphatic carbocycles. The van der Waals surface area contributed by atoms with Gasteiger partial charge in [-0.05, 0) is 69.0 Å². The van der Waals surface area contributed by atoms with Crippen LogP contribution in [0.1, 0.15) is 56.4 Å². The third-order valence-corrected chi connectivity index (χ3v) is 6.93. The van der Waals surface area contributed by atoms with Gasteiger partial charge in [-0.15, -0.1) is 0 Å². The number of amidine groups is 1. The summed E-state index contributed by atoms with van der Waals surface area (Å²) in [5.74, 6) is 5.49. The molecule has 3 aromatic carbocycles. The van der Waals surface area contributed by atoms with Crippen molar-refractivity contribution in [2.75, 3.05) is 19.7 Å². The first kappa shape index (κ1) is 31.5. The van der Waals surface area contributed by atoms with Crippen LogP contribution in [0.4, 0.5) is 4.79 Å². The molecule has 43 heavy (non-hydrogen) atoms. The Hall–Kier alpha value is -4.41. The van der Waals surface area contributed by atoms with Gasteiger partial charge < -0.3 is 24.4 Å². The van der Waals surface area contributed by atoms with Gasteiger partial charge in [-0.1, -0.05) is 60.7 Å². The molecule has 228 valence electrons. The number of carbonyl (C=O) groups excluding carboxylic acids is 2. The van der Waals surface area contributed by atoms with E-state index >= 15 is 0 Å². The average Bonchev–Trinajstić information content (AvgIpc) is 3.48. The zero-order valence-electron chi connectivity index (χ0n) is 24.8. The summed E-state index contributed by atoms with van der Waals surface area (Å²) in [5.41, 5.74) is 1.72. The largest absolute Gasteiger partial charge is 0.490 e. The maximum absolute atomic E-state index is 13.0. The summed E-state index contributed by atoms with van der Waals surface area (Å²) in [6.07, 6.45) is -0.384. The Bertz CT molecular complexity index is 1310. The van der Waals surface area contributed by atoms with Gasteiger partial charge in [0.1, 0.15) is 23.8 Å². The number of likely N-dealkylation sites (tertiary alicyclic amines) is 1. The van der Waals surface area contributed by atoms with Crippen molar-refractivity contribution in [2.24, 2.45) is 5.90 Å². The molecule has 10 nitrogen and oxygen atoms in total. The third-order valence-electron chi connectivity index (χ3n) is 6.93. The van der Waals surface area contributed by atoms with Crippen LogP contribution in [0.25, 0.3) is 0 Å². The Labute approximate surface area is 252 Å². The highest BCUT2D eigenvalue weighted by atomic mass is 16.7. The highest BCUT2D eigenvalue weighted by Gasteiger charge is 2.32. The number of esters is 1. The molecule has 1 saturated heterocycles. The van der Waals surface area contributed by atoms with E-state index in [4.69, 9.17) is 30.4 Å². The first-order valence-electron chi connectivity index (χ1n) is 14.4. The number of rotatable bonds is 11. The summed E-state index contributed by atoms with van der Waals surface area (Å²) < 4.78 is 17.1. The predicted octanol–water partition coefficient (Wildman–Crippen LogP) is 4.97. The lowest BCUT2D eigenvalue weighted by Crippen LogP contribution is -2.45. The van der Waals surface area contributed by atoms with E-state index in [2.05, 4.69) is 5.32 Å². The molecule has 1 amide bonds. The Balaban J connectivity index is 1.29.